The van der Waals surface area contributed by atoms with Crippen molar-refractivity contribution in [3.05, 3.63) is 35.9 Å². The molecule has 2 aliphatic heterocycles. The van der Waals surface area contributed by atoms with E-state index in [2.05, 4.69) is 10.6 Å². The van der Waals surface area contributed by atoms with Crippen LogP contribution in [0.15, 0.2) is 30.3 Å². The number of amides is 2. The van der Waals surface area contributed by atoms with Crippen LogP contribution in [-0.2, 0) is 25.7 Å². The molecular formula is C21H31N3O4. The third kappa shape index (κ3) is 8.08. The molecule has 0 spiro atoms. The number of ether oxygens (including phenoxy) is 1. The molecule has 1 aromatic rings. The van der Waals surface area contributed by atoms with Gasteiger partial charge in [-0.05, 0) is 37.7 Å². The van der Waals surface area contributed by atoms with Crippen molar-refractivity contribution in [3.63, 3.8) is 0 Å². The summed E-state index contributed by atoms with van der Waals surface area (Å²) in [7, 11) is 0. The van der Waals surface area contributed by atoms with Crippen LogP contribution < -0.4 is 16.4 Å². The summed E-state index contributed by atoms with van der Waals surface area (Å²) >= 11 is 0. The molecule has 0 bridgehead atoms. The van der Waals surface area contributed by atoms with Gasteiger partial charge in [0, 0.05) is 19.0 Å². The van der Waals surface area contributed by atoms with Crippen molar-refractivity contribution in [2.24, 2.45) is 11.7 Å². The van der Waals surface area contributed by atoms with Gasteiger partial charge in [0.15, 0.2) is 0 Å². The Bertz CT molecular complexity index is 636. The van der Waals surface area contributed by atoms with E-state index in [1.165, 1.54) is 0 Å². The summed E-state index contributed by atoms with van der Waals surface area (Å²) in [6, 6.07) is 9.29. The van der Waals surface area contributed by atoms with Crippen LogP contribution in [0.25, 0.3) is 0 Å². The van der Waals surface area contributed by atoms with Crippen molar-refractivity contribution in [1.82, 2.24) is 10.6 Å². The second-order valence-corrected chi connectivity index (χ2v) is 7.23. The van der Waals surface area contributed by atoms with Gasteiger partial charge in [-0.1, -0.05) is 36.8 Å². The first kappa shape index (κ1) is 21.9. The molecule has 0 aromatic heterocycles. The fourth-order valence-electron chi connectivity index (χ4n) is 3.16. The van der Waals surface area contributed by atoms with Crippen LogP contribution in [0.5, 0.6) is 0 Å². The van der Waals surface area contributed by atoms with E-state index in [0.717, 1.165) is 50.6 Å². The van der Waals surface area contributed by atoms with Gasteiger partial charge in [-0.2, -0.15) is 0 Å². The fourth-order valence-corrected chi connectivity index (χ4v) is 3.16. The minimum Gasteiger partial charge on any atom is -0.461 e. The molecule has 4 N–H and O–H groups in total. The maximum atomic E-state index is 11.7. The largest absolute Gasteiger partial charge is 0.461 e. The highest BCUT2D eigenvalue weighted by Gasteiger charge is 2.24. The van der Waals surface area contributed by atoms with Gasteiger partial charge in [0.05, 0.1) is 12.5 Å². The molecule has 0 unspecified atom stereocenters. The molecule has 0 saturated carbocycles. The summed E-state index contributed by atoms with van der Waals surface area (Å²) in [5, 5.41) is 5.56. The van der Waals surface area contributed by atoms with Crippen molar-refractivity contribution in [3.8, 4) is 0 Å². The van der Waals surface area contributed by atoms with Crippen molar-refractivity contribution in [2.75, 3.05) is 13.1 Å². The molecule has 2 heterocycles. The molecule has 0 radical (unpaired) electrons. The molecule has 2 atom stereocenters. The van der Waals surface area contributed by atoms with Crippen LogP contribution in [0.4, 0.5) is 0 Å². The zero-order valence-electron chi connectivity index (χ0n) is 16.3. The monoisotopic (exact) mass is 389 g/mol. The molecule has 7 nitrogen and oxygen atoms in total. The minimum absolute atomic E-state index is 0.00694. The average molecular weight is 389 g/mol. The van der Waals surface area contributed by atoms with Crippen molar-refractivity contribution >= 4 is 17.8 Å². The lowest BCUT2D eigenvalue weighted by Gasteiger charge is -2.12. The molecule has 7 heteroatoms. The van der Waals surface area contributed by atoms with Gasteiger partial charge >= 0.3 is 5.97 Å². The number of hydrogen-bond donors (Lipinski definition) is 3. The highest BCUT2D eigenvalue weighted by Crippen LogP contribution is 2.17. The van der Waals surface area contributed by atoms with Crippen LogP contribution >= 0.6 is 0 Å². The summed E-state index contributed by atoms with van der Waals surface area (Å²) in [6.07, 6.45) is 5.90. The summed E-state index contributed by atoms with van der Waals surface area (Å²) in [5.41, 5.74) is 6.43. The standard InChI is InChI=1S/C15H19NO3.C6H12N2O/c17-14(19-11-12-6-2-1-3-7-12)10-13-8-4-5-9-16-15(13)18;7-5-3-1-2-4-8-6(5)9/h1-3,6-7,13H,4-5,8-11H2,(H,16,18);5H,1-4,7H2,(H,8,9)/t13-;5-/m01/s1. The Kier molecular flexibility index (Phi) is 9.48. The van der Waals surface area contributed by atoms with Crippen molar-refractivity contribution in [2.45, 2.75) is 57.6 Å². The van der Waals surface area contributed by atoms with E-state index in [1.807, 2.05) is 30.3 Å². The Labute approximate surface area is 166 Å². The molecule has 2 fully saturated rings. The molecule has 3 rings (SSSR count). The van der Waals surface area contributed by atoms with E-state index < -0.39 is 0 Å². The molecule has 2 amide bonds. The summed E-state index contributed by atoms with van der Waals surface area (Å²) in [6.45, 7) is 1.79. The maximum Gasteiger partial charge on any atom is 0.306 e. The first-order valence-corrected chi connectivity index (χ1v) is 10.1. The lowest BCUT2D eigenvalue weighted by molar-refractivity contribution is -0.148. The van der Waals surface area contributed by atoms with E-state index in [0.29, 0.717) is 6.54 Å². The molecular weight excluding hydrogens is 358 g/mol. The second-order valence-electron chi connectivity index (χ2n) is 7.23. The van der Waals surface area contributed by atoms with Crippen LogP contribution in [0.1, 0.15) is 50.5 Å². The molecule has 0 aliphatic carbocycles. The number of carbonyl (C=O) groups excluding carboxylic acids is 3. The number of benzene rings is 1. The van der Waals surface area contributed by atoms with E-state index in [9.17, 15) is 14.4 Å². The van der Waals surface area contributed by atoms with Crippen LogP contribution in [-0.4, -0.2) is 36.9 Å². The minimum atomic E-state index is -0.300. The van der Waals surface area contributed by atoms with Crippen LogP contribution in [0, 0.1) is 5.92 Å². The van der Waals surface area contributed by atoms with Gasteiger partial charge < -0.3 is 21.1 Å². The van der Waals surface area contributed by atoms with E-state index >= 15 is 0 Å². The topological polar surface area (TPSA) is 111 Å². The quantitative estimate of drug-likeness (QED) is 0.678. The number of hydrogen-bond acceptors (Lipinski definition) is 5. The number of carbonyl (C=O) groups is 3. The Balaban J connectivity index is 0.000000261. The fraction of sp³-hybridized carbons (Fsp3) is 0.571. The van der Waals surface area contributed by atoms with Crippen molar-refractivity contribution < 1.29 is 19.1 Å². The Hall–Kier alpha value is -2.41. The number of esters is 1. The number of nitrogens with two attached hydrogens (primary N) is 1. The summed E-state index contributed by atoms with van der Waals surface area (Å²) < 4.78 is 5.20. The molecule has 154 valence electrons. The first-order valence-electron chi connectivity index (χ1n) is 10.1. The summed E-state index contributed by atoms with van der Waals surface area (Å²) in [5.74, 6) is -0.543. The van der Waals surface area contributed by atoms with Crippen LogP contribution in [0.3, 0.4) is 0 Å². The van der Waals surface area contributed by atoms with Gasteiger partial charge in [-0.3, -0.25) is 14.4 Å². The number of rotatable bonds is 4. The third-order valence-corrected chi connectivity index (χ3v) is 4.88. The van der Waals surface area contributed by atoms with Crippen molar-refractivity contribution in [1.29, 1.82) is 0 Å². The molecule has 28 heavy (non-hydrogen) atoms. The van der Waals surface area contributed by atoms with Gasteiger partial charge in [0.2, 0.25) is 11.8 Å². The molecule has 2 aliphatic rings. The zero-order chi connectivity index (χ0) is 20.2. The highest BCUT2D eigenvalue weighted by molar-refractivity contribution is 5.83. The third-order valence-electron chi connectivity index (χ3n) is 4.88. The van der Waals surface area contributed by atoms with Gasteiger partial charge in [0.1, 0.15) is 6.61 Å². The lowest BCUT2D eigenvalue weighted by Crippen LogP contribution is -2.38. The SMILES string of the molecule is N[C@@H]1CCCCNC1=O.O=C(C[C@@H]1CCCCNC1=O)OCc1ccccc1. The van der Waals surface area contributed by atoms with Gasteiger partial charge in [-0.25, -0.2) is 0 Å². The lowest BCUT2D eigenvalue weighted by atomic mass is 9.99. The summed E-state index contributed by atoms with van der Waals surface area (Å²) in [4.78, 5) is 34.2. The predicted octanol–water partition coefficient (Wildman–Crippen LogP) is 1.65. The normalized spacial score (nSPS) is 22.5. The van der Waals surface area contributed by atoms with Crippen LogP contribution in [0.2, 0.25) is 0 Å². The first-order chi connectivity index (χ1) is 13.6. The van der Waals surface area contributed by atoms with E-state index in [1.54, 1.807) is 0 Å². The Morgan fingerprint density at radius 2 is 1.61 bits per heavy atom. The molecule has 2 saturated heterocycles. The smallest absolute Gasteiger partial charge is 0.306 e. The average Bonchev–Trinajstić information content (AvgIpc) is 3.02. The Morgan fingerprint density at radius 3 is 2.32 bits per heavy atom. The molecule has 1 aromatic carbocycles. The maximum absolute atomic E-state index is 11.7. The highest BCUT2D eigenvalue weighted by atomic mass is 16.5. The second kappa shape index (κ2) is 12.1. The number of nitrogens with one attached hydrogen (secondary N) is 2. The van der Waals surface area contributed by atoms with Gasteiger partial charge in [0.25, 0.3) is 0 Å². The van der Waals surface area contributed by atoms with E-state index in [4.69, 9.17) is 10.5 Å². The van der Waals surface area contributed by atoms with Gasteiger partial charge in [-0.15, -0.1) is 0 Å². The van der Waals surface area contributed by atoms with E-state index in [-0.39, 0.29) is 42.8 Å². The Morgan fingerprint density at radius 1 is 0.964 bits per heavy atom. The zero-order valence-corrected chi connectivity index (χ0v) is 16.3. The predicted molar refractivity (Wildman–Crippen MR) is 106 cm³/mol.